The van der Waals surface area contributed by atoms with Gasteiger partial charge in [0.1, 0.15) is 5.60 Å². The fourth-order valence-electron chi connectivity index (χ4n) is 0.887. The third kappa shape index (κ3) is 6.40. The summed E-state index contributed by atoms with van der Waals surface area (Å²) in [7, 11) is 1.48. The molecule has 2 unspecified atom stereocenters. The maximum atomic E-state index is 11.3. The Balaban J connectivity index is 3.84. The minimum atomic E-state index is -1.29. The Hall–Kier alpha value is -0.690. The van der Waals surface area contributed by atoms with Gasteiger partial charge in [-0.15, -0.1) is 0 Å². The molecule has 2 atom stereocenters. The van der Waals surface area contributed by atoms with Crippen LogP contribution in [0.2, 0.25) is 0 Å². The number of nitrogens with two attached hydrogens (primary N) is 1. The van der Waals surface area contributed by atoms with E-state index in [1.807, 2.05) is 0 Å². The largest absolute Gasteiger partial charge is 0.393 e. The molecule has 0 aliphatic heterocycles. The van der Waals surface area contributed by atoms with Gasteiger partial charge in [0, 0.05) is 20.2 Å². The van der Waals surface area contributed by atoms with Crippen molar-refractivity contribution >= 4 is 5.91 Å². The van der Waals surface area contributed by atoms with Gasteiger partial charge in [-0.25, -0.2) is 0 Å². The van der Waals surface area contributed by atoms with Crippen LogP contribution >= 0.6 is 0 Å². The predicted octanol–water partition coefficient (Wildman–Crippen LogP) is -1.79. The molecule has 0 bridgehead atoms. The summed E-state index contributed by atoms with van der Waals surface area (Å²) < 4.78 is 4.93. The van der Waals surface area contributed by atoms with E-state index in [9.17, 15) is 9.90 Å². The number of aliphatic hydroxyl groups excluding tert-OH is 1. The van der Waals surface area contributed by atoms with E-state index >= 15 is 0 Å². The maximum absolute atomic E-state index is 11.3. The smallest absolute Gasteiger partial charge is 0.222 e. The molecule has 0 heterocycles. The predicted molar refractivity (Wildman–Crippen MR) is 55.2 cm³/mol. The van der Waals surface area contributed by atoms with Gasteiger partial charge in [0.05, 0.1) is 19.1 Å². The molecule has 6 nitrogen and oxygen atoms in total. The lowest BCUT2D eigenvalue weighted by Crippen LogP contribution is -2.44. The van der Waals surface area contributed by atoms with Crippen LogP contribution in [0.15, 0.2) is 0 Å². The maximum Gasteiger partial charge on any atom is 0.222 e. The fraction of sp³-hybridized carbons (Fsp3) is 0.889. The topological polar surface area (TPSA) is 105 Å². The number of rotatable bonds is 7. The lowest BCUT2D eigenvalue weighted by Gasteiger charge is -2.21. The molecule has 0 aromatic carbocycles. The van der Waals surface area contributed by atoms with Gasteiger partial charge in [-0.2, -0.15) is 0 Å². The average Bonchev–Trinajstić information content (AvgIpc) is 2.23. The number of hydrogen-bond acceptors (Lipinski definition) is 5. The van der Waals surface area contributed by atoms with Crippen molar-refractivity contribution in [2.45, 2.75) is 25.0 Å². The third-order valence-corrected chi connectivity index (χ3v) is 2.02. The molecule has 0 aliphatic carbocycles. The van der Waals surface area contributed by atoms with E-state index in [2.05, 4.69) is 5.32 Å². The standard InChI is InChI=1S/C9H20N2O4/c1-9(14,6-12)5-11-8(13)3-7(4-10)15-2/h7,12,14H,3-6,10H2,1-2H3,(H,11,13). The van der Waals surface area contributed by atoms with Crippen LogP contribution < -0.4 is 11.1 Å². The van der Waals surface area contributed by atoms with Crippen molar-refractivity contribution in [3.63, 3.8) is 0 Å². The summed E-state index contributed by atoms with van der Waals surface area (Å²) in [6, 6.07) is 0. The van der Waals surface area contributed by atoms with E-state index < -0.39 is 12.2 Å². The van der Waals surface area contributed by atoms with E-state index in [1.165, 1.54) is 14.0 Å². The molecule has 0 saturated heterocycles. The highest BCUT2D eigenvalue weighted by molar-refractivity contribution is 5.76. The number of carbonyl (C=O) groups excluding carboxylic acids is 1. The highest BCUT2D eigenvalue weighted by Gasteiger charge is 2.20. The minimum absolute atomic E-state index is 0.00331. The zero-order valence-electron chi connectivity index (χ0n) is 9.19. The first kappa shape index (κ1) is 14.3. The van der Waals surface area contributed by atoms with Crippen molar-refractivity contribution in [3.05, 3.63) is 0 Å². The highest BCUT2D eigenvalue weighted by atomic mass is 16.5. The molecule has 5 N–H and O–H groups in total. The normalized spacial score (nSPS) is 16.9. The fourth-order valence-corrected chi connectivity index (χ4v) is 0.887. The first-order valence-electron chi connectivity index (χ1n) is 4.78. The van der Waals surface area contributed by atoms with Crippen LogP contribution in [0.1, 0.15) is 13.3 Å². The quantitative estimate of drug-likeness (QED) is 0.405. The van der Waals surface area contributed by atoms with Crippen molar-refractivity contribution in [1.29, 1.82) is 0 Å². The molecule has 0 spiro atoms. The number of methoxy groups -OCH3 is 1. The highest BCUT2D eigenvalue weighted by Crippen LogP contribution is 2.00. The lowest BCUT2D eigenvalue weighted by atomic mass is 10.1. The number of hydrogen-bond donors (Lipinski definition) is 4. The van der Waals surface area contributed by atoms with Crippen LogP contribution in [0.4, 0.5) is 0 Å². The summed E-state index contributed by atoms with van der Waals surface area (Å²) in [5, 5.41) is 20.6. The molecule has 0 aromatic rings. The number of nitrogens with one attached hydrogen (secondary N) is 1. The van der Waals surface area contributed by atoms with Crippen LogP contribution in [-0.2, 0) is 9.53 Å². The van der Waals surface area contributed by atoms with Gasteiger partial charge in [0.2, 0.25) is 5.91 Å². The molecule has 90 valence electrons. The Morgan fingerprint density at radius 3 is 2.67 bits per heavy atom. The van der Waals surface area contributed by atoms with Gasteiger partial charge in [-0.05, 0) is 6.92 Å². The van der Waals surface area contributed by atoms with Crippen molar-refractivity contribution < 1.29 is 19.7 Å². The van der Waals surface area contributed by atoms with Gasteiger partial charge in [0.25, 0.3) is 0 Å². The van der Waals surface area contributed by atoms with E-state index in [4.69, 9.17) is 15.6 Å². The zero-order valence-corrected chi connectivity index (χ0v) is 9.19. The first-order chi connectivity index (χ1) is 6.95. The van der Waals surface area contributed by atoms with Crippen molar-refractivity contribution in [1.82, 2.24) is 5.32 Å². The van der Waals surface area contributed by atoms with E-state index in [1.54, 1.807) is 0 Å². The number of aliphatic hydroxyl groups is 2. The Labute approximate surface area is 89.4 Å². The molecule has 6 heteroatoms. The summed E-state index contributed by atoms with van der Waals surface area (Å²) in [5.41, 5.74) is 4.05. The molecule has 0 radical (unpaired) electrons. The summed E-state index contributed by atoms with van der Waals surface area (Å²) in [6.07, 6.45) is -0.168. The van der Waals surface area contributed by atoms with Crippen molar-refractivity contribution in [2.24, 2.45) is 5.73 Å². The Morgan fingerprint density at radius 1 is 1.67 bits per heavy atom. The van der Waals surface area contributed by atoms with Gasteiger partial charge in [-0.3, -0.25) is 4.79 Å². The molecule has 0 saturated carbocycles. The second-order valence-corrected chi connectivity index (χ2v) is 3.73. The molecule has 15 heavy (non-hydrogen) atoms. The second kappa shape index (κ2) is 6.73. The van der Waals surface area contributed by atoms with E-state index in [0.29, 0.717) is 0 Å². The molecule has 0 aliphatic rings. The van der Waals surface area contributed by atoms with Crippen LogP contribution in [0.25, 0.3) is 0 Å². The molecular weight excluding hydrogens is 200 g/mol. The summed E-state index contributed by atoms with van der Waals surface area (Å²) in [5.74, 6) is -0.263. The molecule has 0 rings (SSSR count). The van der Waals surface area contributed by atoms with Crippen LogP contribution in [0, 0.1) is 0 Å². The summed E-state index contributed by atoms with van der Waals surface area (Å²) in [4.78, 5) is 11.3. The van der Waals surface area contributed by atoms with Crippen LogP contribution in [-0.4, -0.2) is 54.6 Å². The van der Waals surface area contributed by atoms with Gasteiger partial charge in [-0.1, -0.05) is 0 Å². The van der Waals surface area contributed by atoms with E-state index in [-0.39, 0.29) is 31.5 Å². The Morgan fingerprint density at radius 2 is 2.27 bits per heavy atom. The monoisotopic (exact) mass is 220 g/mol. The van der Waals surface area contributed by atoms with Crippen LogP contribution in [0.5, 0.6) is 0 Å². The number of ether oxygens (including phenoxy) is 1. The molecule has 1 amide bonds. The average molecular weight is 220 g/mol. The summed E-state index contributed by atoms with van der Waals surface area (Å²) >= 11 is 0. The second-order valence-electron chi connectivity index (χ2n) is 3.73. The molecule has 0 aromatic heterocycles. The summed E-state index contributed by atoms with van der Waals surface area (Å²) in [6.45, 7) is 1.30. The molecule has 0 fully saturated rings. The van der Waals surface area contributed by atoms with E-state index in [0.717, 1.165) is 0 Å². The minimum Gasteiger partial charge on any atom is -0.393 e. The SMILES string of the molecule is COC(CN)CC(=O)NCC(C)(O)CO. The lowest BCUT2D eigenvalue weighted by molar-refractivity contribution is -0.124. The van der Waals surface area contributed by atoms with Crippen molar-refractivity contribution in [2.75, 3.05) is 26.8 Å². The Bertz CT molecular complexity index is 193. The van der Waals surface area contributed by atoms with Crippen LogP contribution in [0.3, 0.4) is 0 Å². The Kier molecular flexibility index (Phi) is 6.42. The number of amides is 1. The third-order valence-electron chi connectivity index (χ3n) is 2.02. The van der Waals surface area contributed by atoms with Crippen molar-refractivity contribution in [3.8, 4) is 0 Å². The zero-order chi connectivity index (χ0) is 11.9. The van der Waals surface area contributed by atoms with Gasteiger partial charge >= 0.3 is 0 Å². The molecular formula is C9H20N2O4. The first-order valence-corrected chi connectivity index (χ1v) is 4.78. The van der Waals surface area contributed by atoms with Gasteiger partial charge in [0.15, 0.2) is 0 Å². The van der Waals surface area contributed by atoms with Gasteiger partial charge < -0.3 is 26.0 Å². The number of carbonyl (C=O) groups is 1.